The Labute approximate surface area is 100 Å². The number of amides is 1. The summed E-state index contributed by atoms with van der Waals surface area (Å²) in [7, 11) is 0. The zero-order chi connectivity index (χ0) is 12.7. The zero-order valence-electron chi connectivity index (χ0n) is 9.90. The Balaban J connectivity index is 2.76. The van der Waals surface area contributed by atoms with E-state index in [0.717, 1.165) is 0 Å². The normalized spacial score (nSPS) is 10.8. The fourth-order valence-corrected chi connectivity index (χ4v) is 1.18. The van der Waals surface area contributed by atoms with Gasteiger partial charge in [0, 0.05) is 5.69 Å². The van der Waals surface area contributed by atoms with E-state index in [9.17, 15) is 9.59 Å². The first kappa shape index (κ1) is 13.0. The van der Waals surface area contributed by atoms with Crippen LogP contribution in [-0.2, 0) is 14.3 Å². The summed E-state index contributed by atoms with van der Waals surface area (Å²) in [5.41, 5.74) is 0.650. The minimum atomic E-state index is -0.461. The van der Waals surface area contributed by atoms with Gasteiger partial charge in [-0.15, -0.1) is 0 Å². The first-order valence-corrected chi connectivity index (χ1v) is 5.34. The van der Waals surface area contributed by atoms with E-state index in [2.05, 4.69) is 5.32 Å². The Hall–Kier alpha value is -2.10. The summed E-state index contributed by atoms with van der Waals surface area (Å²) >= 11 is 0. The van der Waals surface area contributed by atoms with Gasteiger partial charge in [0.15, 0.2) is 5.78 Å². The van der Waals surface area contributed by atoms with E-state index in [-0.39, 0.29) is 11.4 Å². The lowest BCUT2D eigenvalue weighted by Gasteiger charge is -2.06. The number of ketones is 1. The summed E-state index contributed by atoms with van der Waals surface area (Å²) in [6.45, 7) is 3.52. The number of Topliss-reactive ketones (excluding diaryl/α,β-unsaturated/α-hetero) is 1. The van der Waals surface area contributed by atoms with Gasteiger partial charge in [0.1, 0.15) is 5.57 Å². The van der Waals surface area contributed by atoms with Crippen LogP contribution >= 0.6 is 0 Å². The third kappa shape index (κ3) is 4.10. The maximum Gasteiger partial charge on any atom is 0.262 e. The Kier molecular flexibility index (Phi) is 4.94. The van der Waals surface area contributed by atoms with Crippen LogP contribution in [0.25, 0.3) is 0 Å². The molecule has 0 fully saturated rings. The van der Waals surface area contributed by atoms with Gasteiger partial charge < -0.3 is 10.1 Å². The number of carbonyl (C=O) groups excluding carboxylic acids is 2. The van der Waals surface area contributed by atoms with E-state index in [1.54, 1.807) is 31.2 Å². The SMILES string of the molecule is CCOC=C(C(C)=O)C(=O)Nc1ccccc1. The summed E-state index contributed by atoms with van der Waals surface area (Å²) in [6.07, 6.45) is 1.20. The lowest BCUT2D eigenvalue weighted by molar-refractivity contribution is -0.119. The largest absolute Gasteiger partial charge is 0.501 e. The molecule has 0 spiro atoms. The fraction of sp³-hybridized carbons (Fsp3) is 0.231. The third-order valence-electron chi connectivity index (χ3n) is 2.02. The van der Waals surface area contributed by atoms with Crippen LogP contribution in [0, 0.1) is 0 Å². The summed E-state index contributed by atoms with van der Waals surface area (Å²) < 4.78 is 4.97. The highest BCUT2D eigenvalue weighted by Gasteiger charge is 2.14. The molecule has 0 radical (unpaired) electrons. The Morgan fingerprint density at radius 1 is 1.29 bits per heavy atom. The van der Waals surface area contributed by atoms with Gasteiger partial charge >= 0.3 is 0 Å². The van der Waals surface area contributed by atoms with Crippen LogP contribution in [0.3, 0.4) is 0 Å². The van der Waals surface area contributed by atoms with E-state index in [0.29, 0.717) is 12.3 Å². The van der Waals surface area contributed by atoms with Crippen molar-refractivity contribution in [3.63, 3.8) is 0 Å². The monoisotopic (exact) mass is 233 g/mol. The van der Waals surface area contributed by atoms with Crippen LogP contribution in [0.4, 0.5) is 5.69 Å². The Morgan fingerprint density at radius 2 is 1.94 bits per heavy atom. The molecule has 0 unspecified atom stereocenters. The molecule has 0 aliphatic rings. The maximum absolute atomic E-state index is 11.8. The molecule has 0 saturated heterocycles. The molecule has 1 aromatic rings. The van der Waals surface area contributed by atoms with Gasteiger partial charge in [-0.05, 0) is 26.0 Å². The predicted molar refractivity (Wildman–Crippen MR) is 65.5 cm³/mol. The highest BCUT2D eigenvalue weighted by Crippen LogP contribution is 2.08. The van der Waals surface area contributed by atoms with Crippen molar-refractivity contribution < 1.29 is 14.3 Å². The first-order valence-electron chi connectivity index (χ1n) is 5.34. The van der Waals surface area contributed by atoms with Crippen LogP contribution in [0.1, 0.15) is 13.8 Å². The summed E-state index contributed by atoms with van der Waals surface area (Å²) in [6, 6.07) is 8.94. The number of carbonyl (C=O) groups is 2. The van der Waals surface area contributed by atoms with Gasteiger partial charge in [-0.3, -0.25) is 9.59 Å². The number of hydrogen-bond donors (Lipinski definition) is 1. The molecule has 0 saturated carbocycles. The highest BCUT2D eigenvalue weighted by atomic mass is 16.5. The third-order valence-corrected chi connectivity index (χ3v) is 2.02. The molecule has 90 valence electrons. The van der Waals surface area contributed by atoms with E-state index in [1.807, 2.05) is 6.07 Å². The van der Waals surface area contributed by atoms with Crippen LogP contribution in [0.2, 0.25) is 0 Å². The average molecular weight is 233 g/mol. The van der Waals surface area contributed by atoms with Crippen molar-refractivity contribution in [2.24, 2.45) is 0 Å². The van der Waals surface area contributed by atoms with Crippen molar-refractivity contribution >= 4 is 17.4 Å². The molecule has 0 atom stereocenters. The molecule has 4 nitrogen and oxygen atoms in total. The molecule has 0 aliphatic heterocycles. The molecule has 1 aromatic carbocycles. The number of benzene rings is 1. The van der Waals surface area contributed by atoms with Gasteiger partial charge in [-0.1, -0.05) is 18.2 Å². The standard InChI is InChI=1S/C13H15NO3/c1-3-17-9-12(10(2)15)13(16)14-11-7-5-4-6-8-11/h4-9H,3H2,1-2H3,(H,14,16). The number of nitrogens with one attached hydrogen (secondary N) is 1. The lowest BCUT2D eigenvalue weighted by atomic mass is 10.2. The van der Waals surface area contributed by atoms with E-state index < -0.39 is 5.91 Å². The molecule has 17 heavy (non-hydrogen) atoms. The van der Waals surface area contributed by atoms with Crippen molar-refractivity contribution in [1.82, 2.24) is 0 Å². The first-order chi connectivity index (χ1) is 8.15. The quantitative estimate of drug-likeness (QED) is 0.367. The second-order valence-electron chi connectivity index (χ2n) is 3.36. The Morgan fingerprint density at radius 3 is 2.47 bits per heavy atom. The molecular weight excluding hydrogens is 218 g/mol. The van der Waals surface area contributed by atoms with Crippen molar-refractivity contribution in [2.45, 2.75) is 13.8 Å². The van der Waals surface area contributed by atoms with Crippen LogP contribution in [0.5, 0.6) is 0 Å². The second-order valence-corrected chi connectivity index (χ2v) is 3.36. The van der Waals surface area contributed by atoms with Gasteiger partial charge in [0.2, 0.25) is 0 Å². The number of ether oxygens (including phenoxy) is 1. The molecular formula is C13H15NO3. The maximum atomic E-state index is 11.8. The molecule has 4 heteroatoms. The van der Waals surface area contributed by atoms with Crippen molar-refractivity contribution in [3.05, 3.63) is 42.2 Å². The minimum absolute atomic E-state index is 0.00991. The summed E-state index contributed by atoms with van der Waals surface area (Å²) in [5, 5.41) is 2.62. The number of anilines is 1. The Bertz CT molecular complexity index is 424. The smallest absolute Gasteiger partial charge is 0.262 e. The average Bonchev–Trinajstić information content (AvgIpc) is 2.30. The topological polar surface area (TPSA) is 55.4 Å². The molecule has 0 heterocycles. The molecule has 1 rings (SSSR count). The second kappa shape index (κ2) is 6.48. The van der Waals surface area contributed by atoms with Crippen LogP contribution in [0.15, 0.2) is 42.2 Å². The van der Waals surface area contributed by atoms with E-state index in [4.69, 9.17) is 4.74 Å². The number of para-hydroxylation sites is 1. The highest BCUT2D eigenvalue weighted by molar-refractivity contribution is 6.22. The van der Waals surface area contributed by atoms with Gasteiger partial charge in [0.25, 0.3) is 5.91 Å². The minimum Gasteiger partial charge on any atom is -0.501 e. The van der Waals surface area contributed by atoms with Gasteiger partial charge in [-0.2, -0.15) is 0 Å². The van der Waals surface area contributed by atoms with Crippen LogP contribution in [-0.4, -0.2) is 18.3 Å². The zero-order valence-corrected chi connectivity index (χ0v) is 9.90. The molecule has 1 amide bonds. The van der Waals surface area contributed by atoms with Crippen LogP contribution < -0.4 is 5.32 Å². The lowest BCUT2D eigenvalue weighted by Crippen LogP contribution is -2.19. The fourth-order valence-electron chi connectivity index (χ4n) is 1.18. The van der Waals surface area contributed by atoms with Gasteiger partial charge in [0.05, 0.1) is 12.9 Å². The molecule has 1 N–H and O–H groups in total. The van der Waals surface area contributed by atoms with E-state index in [1.165, 1.54) is 13.2 Å². The molecule has 0 aromatic heterocycles. The number of rotatable bonds is 5. The molecule has 0 bridgehead atoms. The van der Waals surface area contributed by atoms with E-state index >= 15 is 0 Å². The predicted octanol–water partition coefficient (Wildman–Crippen LogP) is 2.13. The number of hydrogen-bond acceptors (Lipinski definition) is 3. The summed E-state index contributed by atoms with van der Waals surface area (Å²) in [5.74, 6) is -0.788. The van der Waals surface area contributed by atoms with Crippen molar-refractivity contribution in [1.29, 1.82) is 0 Å². The molecule has 0 aliphatic carbocycles. The van der Waals surface area contributed by atoms with Crippen molar-refractivity contribution in [2.75, 3.05) is 11.9 Å². The summed E-state index contributed by atoms with van der Waals surface area (Å²) in [4.78, 5) is 23.1. The van der Waals surface area contributed by atoms with Crippen molar-refractivity contribution in [3.8, 4) is 0 Å². The van der Waals surface area contributed by atoms with Gasteiger partial charge in [-0.25, -0.2) is 0 Å².